The van der Waals surface area contributed by atoms with Crippen LogP contribution in [0.4, 0.5) is 0 Å². The molecule has 1 amide bonds. The van der Waals surface area contributed by atoms with Crippen molar-refractivity contribution in [2.45, 2.75) is 77.3 Å². The van der Waals surface area contributed by atoms with Gasteiger partial charge in [0.05, 0.1) is 23.8 Å². The van der Waals surface area contributed by atoms with Crippen molar-refractivity contribution < 1.29 is 9.35 Å². The van der Waals surface area contributed by atoms with Crippen LogP contribution in [-0.4, -0.2) is 38.1 Å². The Morgan fingerprint density at radius 2 is 1.95 bits per heavy atom. The van der Waals surface area contributed by atoms with E-state index in [1.807, 2.05) is 6.92 Å². The van der Waals surface area contributed by atoms with Crippen molar-refractivity contribution in [2.75, 3.05) is 12.3 Å². The van der Waals surface area contributed by atoms with Gasteiger partial charge in [0.15, 0.2) is 4.99 Å². The summed E-state index contributed by atoms with van der Waals surface area (Å²) in [5, 5.41) is 0. The zero-order valence-electron chi connectivity index (χ0n) is 13.8. The third kappa shape index (κ3) is 4.70. The average Bonchev–Trinajstić information content (AvgIpc) is 2.78. The van der Waals surface area contributed by atoms with Crippen LogP contribution in [0.2, 0.25) is 0 Å². The van der Waals surface area contributed by atoms with Gasteiger partial charge in [0.1, 0.15) is 0 Å². The lowest BCUT2D eigenvalue weighted by Crippen LogP contribution is -2.39. The summed E-state index contributed by atoms with van der Waals surface area (Å²) in [5.74, 6) is 0.0532. The van der Waals surface area contributed by atoms with Gasteiger partial charge in [0, 0.05) is 6.04 Å². The number of hydrogen-bond donors (Lipinski definition) is 0. The molecule has 21 heavy (non-hydrogen) atoms. The molecule has 3 unspecified atom stereocenters. The Morgan fingerprint density at radius 1 is 1.33 bits per heavy atom. The second-order valence-electron chi connectivity index (χ2n) is 5.94. The maximum absolute atomic E-state index is 12.8. The van der Waals surface area contributed by atoms with E-state index in [1.54, 1.807) is 4.31 Å². The molecular weight excluding hydrogens is 321 g/mol. The number of unbranched alkanes of at least 4 members (excludes halogenated alkanes) is 3. The largest absolute Gasteiger partial charge is 0.592 e. The molecule has 0 N–H and O–H groups in total. The lowest BCUT2D eigenvalue weighted by molar-refractivity contribution is -0.126. The van der Waals surface area contributed by atoms with E-state index >= 15 is 0 Å². The predicted octanol–water partition coefficient (Wildman–Crippen LogP) is 4.09. The summed E-state index contributed by atoms with van der Waals surface area (Å²) < 4.78 is 14.4. The van der Waals surface area contributed by atoms with Gasteiger partial charge in [-0.3, -0.25) is 4.79 Å². The van der Waals surface area contributed by atoms with Crippen molar-refractivity contribution in [1.82, 2.24) is 4.31 Å². The minimum absolute atomic E-state index is 0.0532. The Balaban J connectivity index is 2.68. The molecule has 124 valence electrons. The monoisotopic (exact) mass is 351 g/mol. The molecule has 1 heterocycles. The molecule has 0 aromatic heterocycles. The lowest BCUT2D eigenvalue weighted by Gasteiger charge is -2.29. The topological polar surface area (TPSA) is 43.4 Å². The standard InChI is InChI=1S/C15H30NO2PS2/c1-5-8-9-10-11-13(4)16-14(17)12-15(21(16)18)19(20,6-2)7-3/h13,15H,5-12H2,1-4H3. The molecular formula is C15H30NO2PS2. The van der Waals surface area contributed by atoms with Gasteiger partial charge in [-0.1, -0.05) is 58.3 Å². The molecule has 1 rings (SSSR count). The van der Waals surface area contributed by atoms with Crippen LogP contribution in [0.5, 0.6) is 0 Å². The molecule has 1 saturated heterocycles. The van der Waals surface area contributed by atoms with Gasteiger partial charge in [-0.25, -0.2) is 0 Å². The number of nitrogens with zero attached hydrogens (tertiary/aromatic N) is 1. The van der Waals surface area contributed by atoms with E-state index in [0.717, 1.165) is 25.2 Å². The first kappa shape index (κ1) is 19.5. The van der Waals surface area contributed by atoms with Crippen LogP contribution in [0.25, 0.3) is 0 Å². The van der Waals surface area contributed by atoms with Crippen LogP contribution >= 0.6 is 6.04 Å². The van der Waals surface area contributed by atoms with Crippen molar-refractivity contribution >= 4 is 35.1 Å². The van der Waals surface area contributed by atoms with Gasteiger partial charge >= 0.3 is 0 Å². The van der Waals surface area contributed by atoms with Crippen molar-refractivity contribution in [3.8, 4) is 0 Å². The summed E-state index contributed by atoms with van der Waals surface area (Å²) >= 11 is 4.59. The van der Waals surface area contributed by atoms with E-state index in [4.69, 9.17) is 11.8 Å². The fourth-order valence-corrected chi connectivity index (χ4v) is 9.34. The molecule has 0 bridgehead atoms. The number of carbonyl (C=O) groups is 1. The molecule has 1 aliphatic rings. The van der Waals surface area contributed by atoms with Gasteiger partial charge in [-0.2, -0.15) is 4.31 Å². The Labute approximate surface area is 138 Å². The molecule has 3 atom stereocenters. The summed E-state index contributed by atoms with van der Waals surface area (Å²) in [5.41, 5.74) is 0. The third-order valence-corrected chi connectivity index (χ3v) is 13.9. The maximum Gasteiger partial charge on any atom is 0.269 e. The van der Waals surface area contributed by atoms with E-state index in [9.17, 15) is 9.35 Å². The fourth-order valence-electron chi connectivity index (χ4n) is 2.91. The van der Waals surface area contributed by atoms with E-state index in [0.29, 0.717) is 6.42 Å². The quantitative estimate of drug-likeness (QED) is 0.357. The number of carbonyl (C=O) groups excluding carboxylic acids is 1. The number of amides is 1. The lowest BCUT2D eigenvalue weighted by atomic mass is 10.1. The highest BCUT2D eigenvalue weighted by atomic mass is 32.4. The van der Waals surface area contributed by atoms with Gasteiger partial charge < -0.3 is 4.55 Å². The predicted molar refractivity (Wildman–Crippen MR) is 97.0 cm³/mol. The smallest absolute Gasteiger partial charge is 0.269 e. The molecule has 0 saturated carbocycles. The molecule has 0 aromatic rings. The fraction of sp³-hybridized carbons (Fsp3) is 0.933. The van der Waals surface area contributed by atoms with E-state index in [1.165, 1.54) is 19.3 Å². The molecule has 3 nitrogen and oxygen atoms in total. The second kappa shape index (κ2) is 8.90. The first-order valence-corrected chi connectivity index (χ1v) is 12.6. The van der Waals surface area contributed by atoms with E-state index in [-0.39, 0.29) is 16.9 Å². The zero-order chi connectivity index (χ0) is 16.0. The summed E-state index contributed by atoms with van der Waals surface area (Å²) in [7, 11) is 0. The SMILES string of the molecule is CCCCCCC(C)N1C(=O)CC(P(=S)(CC)CC)[S+]1[O-]. The summed E-state index contributed by atoms with van der Waals surface area (Å²) in [6, 6.07) is -1.58. The van der Waals surface area contributed by atoms with E-state index in [2.05, 4.69) is 20.8 Å². The van der Waals surface area contributed by atoms with Crippen LogP contribution in [0, 0.1) is 0 Å². The Kier molecular flexibility index (Phi) is 8.26. The van der Waals surface area contributed by atoms with Crippen LogP contribution in [0.3, 0.4) is 0 Å². The van der Waals surface area contributed by atoms with Gasteiger partial charge in [0.25, 0.3) is 5.91 Å². The Morgan fingerprint density at radius 3 is 2.48 bits per heavy atom. The van der Waals surface area contributed by atoms with Crippen LogP contribution < -0.4 is 0 Å². The maximum atomic E-state index is 12.8. The van der Waals surface area contributed by atoms with Crippen molar-refractivity contribution in [1.29, 1.82) is 0 Å². The molecule has 0 aliphatic carbocycles. The average molecular weight is 352 g/mol. The molecule has 0 aromatic carbocycles. The van der Waals surface area contributed by atoms with Crippen LogP contribution in [0.1, 0.15) is 66.2 Å². The minimum atomic E-state index is -1.67. The van der Waals surface area contributed by atoms with Gasteiger partial charge in [0.2, 0.25) is 0 Å². The van der Waals surface area contributed by atoms with Crippen molar-refractivity contribution in [3.63, 3.8) is 0 Å². The summed E-state index contributed by atoms with van der Waals surface area (Å²) in [4.78, 5) is 12.2. The molecule has 1 aliphatic heterocycles. The second-order valence-corrected chi connectivity index (χ2v) is 13.8. The molecule has 6 heteroatoms. The first-order chi connectivity index (χ1) is 9.91. The Hall–Kier alpha value is 0.430. The first-order valence-electron chi connectivity index (χ1n) is 8.21. The van der Waals surface area contributed by atoms with Gasteiger partial charge in [-0.15, -0.1) is 0 Å². The molecule has 1 fully saturated rings. The van der Waals surface area contributed by atoms with E-state index < -0.39 is 17.4 Å². The van der Waals surface area contributed by atoms with Crippen LogP contribution in [-0.2, 0) is 28.0 Å². The highest BCUT2D eigenvalue weighted by molar-refractivity contribution is 8.20. The molecule has 0 radical (unpaired) electrons. The van der Waals surface area contributed by atoms with Crippen molar-refractivity contribution in [3.05, 3.63) is 0 Å². The third-order valence-electron chi connectivity index (χ3n) is 4.49. The molecule has 0 spiro atoms. The summed E-state index contributed by atoms with van der Waals surface area (Å²) in [6.07, 6.45) is 7.91. The number of hydrogen-bond acceptors (Lipinski definition) is 3. The Bertz CT molecular complexity index is 384. The van der Waals surface area contributed by atoms with Crippen LogP contribution in [0.15, 0.2) is 0 Å². The summed E-state index contributed by atoms with van der Waals surface area (Å²) in [6.45, 7) is 8.40. The van der Waals surface area contributed by atoms with Crippen molar-refractivity contribution in [2.24, 2.45) is 0 Å². The normalized spacial score (nSPS) is 24.6. The zero-order valence-corrected chi connectivity index (χ0v) is 16.4. The highest BCUT2D eigenvalue weighted by Gasteiger charge is 2.51. The number of rotatable bonds is 9. The minimum Gasteiger partial charge on any atom is -0.592 e. The van der Waals surface area contributed by atoms with Gasteiger partial charge in [-0.05, 0) is 25.7 Å². The highest BCUT2D eigenvalue weighted by Crippen LogP contribution is 2.57.